The van der Waals surface area contributed by atoms with Gasteiger partial charge in [0.1, 0.15) is 5.75 Å². The first kappa shape index (κ1) is 3.94. The maximum absolute atomic E-state index is 10.6. The lowest BCUT2D eigenvalue weighted by atomic mass is 10.2. The Morgan fingerprint density at radius 2 is 2.33 bits per heavy atom. The molecule has 1 aromatic carbocycles. The first-order valence-corrected chi connectivity index (χ1v) is 3.16. The second-order valence-electron chi connectivity index (χ2n) is 2.03. The highest BCUT2D eigenvalue weighted by molar-refractivity contribution is 5.87. The largest absolute Gasteiger partial charge is 0.494 e. The van der Waals surface area contributed by atoms with Crippen LogP contribution in [0.1, 0.15) is 24.1 Å². The zero-order chi connectivity index (χ0) is 13.3. The molecule has 0 aliphatic carbocycles. The van der Waals surface area contributed by atoms with Crippen LogP contribution in [0, 0.1) is 0 Å². The predicted octanol–water partition coefficient (Wildman–Crippen LogP) is 1.78. The molecule has 0 saturated carbocycles. The number of carbonyl (C=O) groups is 1. The smallest absolute Gasteiger partial charge is 0.335 e. The lowest BCUT2D eigenvalue weighted by molar-refractivity contribution is 0.0697. The summed E-state index contributed by atoms with van der Waals surface area (Å²) >= 11 is 0. The number of benzene rings is 1. The number of aromatic carboxylic acids is 1. The van der Waals surface area contributed by atoms with Crippen molar-refractivity contribution in [3.05, 3.63) is 29.8 Å². The van der Waals surface area contributed by atoms with Gasteiger partial charge in [0.15, 0.2) is 0 Å². The third kappa shape index (κ3) is 1.99. The van der Waals surface area contributed by atoms with Crippen molar-refractivity contribution in [3.8, 4) is 5.75 Å². The van der Waals surface area contributed by atoms with E-state index in [1.54, 1.807) is 0 Å². The maximum atomic E-state index is 10.6. The summed E-state index contributed by atoms with van der Waals surface area (Å²) in [5.74, 6) is -1.17. The molecule has 0 aliphatic heterocycles. The van der Waals surface area contributed by atoms with Crippen molar-refractivity contribution in [1.82, 2.24) is 0 Å². The quantitative estimate of drug-likeness (QED) is 0.754. The number of hydrogen-bond donors (Lipinski definition) is 1. The fourth-order valence-electron chi connectivity index (χ4n) is 0.724. The molecule has 1 rings (SSSR count). The molecule has 0 bridgehead atoms. The Kier molecular flexibility index (Phi) is 1.23. The van der Waals surface area contributed by atoms with E-state index < -0.39 is 19.4 Å². The summed E-state index contributed by atoms with van der Waals surface area (Å²) in [6, 6.07) is 4.81. The van der Waals surface area contributed by atoms with Crippen molar-refractivity contribution in [1.29, 1.82) is 0 Å². The third-order valence-corrected chi connectivity index (χ3v) is 1.27. The van der Waals surface area contributed by atoms with Gasteiger partial charge in [-0.3, -0.25) is 0 Å². The van der Waals surface area contributed by atoms with Crippen molar-refractivity contribution >= 4 is 5.97 Å². The van der Waals surface area contributed by atoms with E-state index in [-0.39, 0.29) is 11.3 Å². The molecule has 64 valence electrons. The van der Waals surface area contributed by atoms with Crippen LogP contribution in [0.5, 0.6) is 5.75 Å². The van der Waals surface area contributed by atoms with Crippen molar-refractivity contribution in [2.75, 3.05) is 6.56 Å². The minimum Gasteiger partial charge on any atom is -0.494 e. The molecule has 0 atom stereocenters. The zero-order valence-corrected chi connectivity index (χ0v) is 6.07. The minimum atomic E-state index is -2.92. The minimum absolute atomic E-state index is 0.00629. The number of rotatable bonds is 3. The van der Waals surface area contributed by atoms with Crippen molar-refractivity contribution in [2.45, 2.75) is 6.85 Å². The van der Waals surface area contributed by atoms with E-state index in [1.165, 1.54) is 24.3 Å². The van der Waals surface area contributed by atoms with Crippen LogP contribution in [0.4, 0.5) is 0 Å². The van der Waals surface area contributed by atoms with E-state index in [0.717, 1.165) is 0 Å². The number of ether oxygens (including phenoxy) is 1. The highest BCUT2D eigenvalue weighted by Gasteiger charge is 2.00. The van der Waals surface area contributed by atoms with Gasteiger partial charge < -0.3 is 9.84 Å². The first-order valence-electron chi connectivity index (χ1n) is 5.66. The van der Waals surface area contributed by atoms with E-state index in [2.05, 4.69) is 4.74 Å². The average molecular weight is 171 g/mol. The van der Waals surface area contributed by atoms with Gasteiger partial charge in [0, 0.05) is 4.11 Å². The molecule has 0 spiro atoms. The Hall–Kier alpha value is -1.51. The first-order chi connectivity index (χ1) is 7.63. The Morgan fingerprint density at radius 3 is 2.83 bits per heavy atom. The van der Waals surface area contributed by atoms with Gasteiger partial charge in [-0.1, -0.05) is 0 Å². The summed E-state index contributed by atoms with van der Waals surface area (Å²) in [6.45, 7) is -5.74. The second-order valence-corrected chi connectivity index (χ2v) is 2.03. The Balaban J connectivity index is 2.86. The topological polar surface area (TPSA) is 46.5 Å². The molecule has 0 aliphatic rings. The van der Waals surface area contributed by atoms with Gasteiger partial charge in [0.2, 0.25) is 0 Å². The molecule has 1 aromatic rings. The number of carboxylic acids is 1. The summed E-state index contributed by atoms with van der Waals surface area (Å²) in [5, 5.41) is 8.63. The number of hydrogen-bond acceptors (Lipinski definition) is 2. The van der Waals surface area contributed by atoms with Crippen LogP contribution in [0.25, 0.3) is 0 Å². The highest BCUT2D eigenvalue weighted by Crippen LogP contribution is 2.11. The molecule has 3 nitrogen and oxygen atoms in total. The van der Waals surface area contributed by atoms with Crippen LogP contribution in [0.2, 0.25) is 0 Å². The standard InChI is InChI=1S/C9H10O3/c1-2-12-8-5-3-7(4-6-8)9(10)11/h3-6H,2H2,1H3,(H,10,11)/i1D3,2D2. The molecule has 0 heterocycles. The molecule has 1 N–H and O–H groups in total. The van der Waals surface area contributed by atoms with E-state index in [1.807, 2.05) is 0 Å². The lowest BCUT2D eigenvalue weighted by Crippen LogP contribution is -1.96. The zero-order valence-electron chi connectivity index (χ0n) is 11.1. The van der Waals surface area contributed by atoms with Crippen LogP contribution in [-0.4, -0.2) is 17.6 Å². The Bertz CT molecular complexity index is 410. The summed E-state index contributed by atoms with van der Waals surface area (Å²) in [5.41, 5.74) is 0.00629. The van der Waals surface area contributed by atoms with Crippen molar-refractivity contribution < 1.29 is 21.5 Å². The van der Waals surface area contributed by atoms with Gasteiger partial charge in [-0.25, -0.2) is 4.79 Å². The summed E-state index contributed by atoms with van der Waals surface area (Å²) in [6.07, 6.45) is 0. The molecular weight excluding hydrogens is 156 g/mol. The molecule has 0 saturated heterocycles. The second kappa shape index (κ2) is 3.76. The van der Waals surface area contributed by atoms with Crippen LogP contribution in [-0.2, 0) is 0 Å². The Labute approximate surface area is 77.6 Å². The normalized spacial score (nSPS) is 17.8. The molecular formula is C9H10O3. The number of carboxylic acid groups (broad SMARTS) is 1. The summed E-state index contributed by atoms with van der Waals surface area (Å²) in [4.78, 5) is 10.6. The third-order valence-electron chi connectivity index (χ3n) is 1.27. The van der Waals surface area contributed by atoms with Gasteiger partial charge in [0.05, 0.1) is 14.9 Å². The SMILES string of the molecule is [2H]C([2H])([2H])C([2H])([2H])Oc1ccc(C(=O)O)cc1. The van der Waals surface area contributed by atoms with E-state index >= 15 is 0 Å². The van der Waals surface area contributed by atoms with Crippen molar-refractivity contribution in [2.24, 2.45) is 0 Å². The van der Waals surface area contributed by atoms with Crippen LogP contribution >= 0.6 is 0 Å². The van der Waals surface area contributed by atoms with Gasteiger partial charge in [0.25, 0.3) is 0 Å². The fourth-order valence-corrected chi connectivity index (χ4v) is 0.724. The molecule has 0 aromatic heterocycles. The predicted molar refractivity (Wildman–Crippen MR) is 44.6 cm³/mol. The van der Waals surface area contributed by atoms with Crippen LogP contribution in [0.15, 0.2) is 24.3 Å². The van der Waals surface area contributed by atoms with Gasteiger partial charge in [-0.05, 0) is 31.1 Å². The molecule has 0 unspecified atom stereocenters. The van der Waals surface area contributed by atoms with Crippen LogP contribution in [0.3, 0.4) is 0 Å². The maximum Gasteiger partial charge on any atom is 0.335 e. The molecule has 0 radical (unpaired) electrons. The van der Waals surface area contributed by atoms with Crippen LogP contribution < -0.4 is 4.74 Å². The lowest BCUT2D eigenvalue weighted by Gasteiger charge is -2.01. The monoisotopic (exact) mass is 171 g/mol. The highest BCUT2D eigenvalue weighted by atomic mass is 16.5. The fraction of sp³-hybridized carbons (Fsp3) is 0.222. The van der Waals surface area contributed by atoms with Gasteiger partial charge in [-0.15, -0.1) is 0 Å². The van der Waals surface area contributed by atoms with E-state index in [4.69, 9.17) is 12.0 Å². The summed E-state index contributed by atoms with van der Waals surface area (Å²) in [7, 11) is 0. The van der Waals surface area contributed by atoms with Gasteiger partial charge >= 0.3 is 5.97 Å². The van der Waals surface area contributed by atoms with Crippen molar-refractivity contribution in [3.63, 3.8) is 0 Å². The Morgan fingerprint density at radius 1 is 1.67 bits per heavy atom. The molecule has 0 fully saturated rings. The molecule has 12 heavy (non-hydrogen) atoms. The molecule has 0 amide bonds. The molecule has 3 heteroatoms. The average Bonchev–Trinajstić information content (AvgIpc) is 2.16. The summed E-state index contributed by atoms with van der Waals surface area (Å²) < 4.78 is 39.9. The van der Waals surface area contributed by atoms with E-state index in [0.29, 0.717) is 0 Å². The van der Waals surface area contributed by atoms with E-state index in [9.17, 15) is 4.79 Å². The van der Waals surface area contributed by atoms with Gasteiger partial charge in [-0.2, -0.15) is 0 Å².